The predicted molar refractivity (Wildman–Crippen MR) is 119 cm³/mol. The number of carbonyl (C=O) groups is 1. The summed E-state index contributed by atoms with van der Waals surface area (Å²) in [6.45, 7) is 4.54. The van der Waals surface area contributed by atoms with Crippen molar-refractivity contribution < 1.29 is 14.3 Å². The Kier molecular flexibility index (Phi) is 6.09. The van der Waals surface area contributed by atoms with Crippen molar-refractivity contribution in [1.29, 1.82) is 0 Å². The molecule has 0 aliphatic carbocycles. The Balaban J connectivity index is 1.55. The van der Waals surface area contributed by atoms with E-state index < -0.39 is 0 Å². The van der Waals surface area contributed by atoms with E-state index >= 15 is 0 Å². The summed E-state index contributed by atoms with van der Waals surface area (Å²) in [6.07, 6.45) is 1.73. The third-order valence-electron chi connectivity index (χ3n) is 5.56. The fourth-order valence-electron chi connectivity index (χ4n) is 3.89. The van der Waals surface area contributed by atoms with E-state index in [1.807, 2.05) is 43.3 Å². The van der Waals surface area contributed by atoms with Crippen molar-refractivity contribution in [3.8, 4) is 5.75 Å². The molecule has 6 heteroatoms. The van der Waals surface area contributed by atoms with Gasteiger partial charge in [-0.2, -0.15) is 0 Å². The zero-order chi connectivity index (χ0) is 20.3. The van der Waals surface area contributed by atoms with Gasteiger partial charge in [0.1, 0.15) is 10.6 Å². The summed E-state index contributed by atoms with van der Waals surface area (Å²) in [7, 11) is 0. The van der Waals surface area contributed by atoms with E-state index in [0.29, 0.717) is 36.3 Å². The van der Waals surface area contributed by atoms with E-state index in [1.54, 1.807) is 0 Å². The van der Waals surface area contributed by atoms with Crippen LogP contribution in [0.25, 0.3) is 10.1 Å². The van der Waals surface area contributed by atoms with Gasteiger partial charge in [0, 0.05) is 35.3 Å². The molecule has 0 unspecified atom stereocenters. The molecule has 0 spiro atoms. The number of ether oxygens (including phenoxy) is 2. The van der Waals surface area contributed by atoms with Gasteiger partial charge in [0.15, 0.2) is 0 Å². The minimum absolute atomic E-state index is 0.118. The zero-order valence-electron chi connectivity index (χ0n) is 16.4. The Morgan fingerprint density at radius 1 is 1.17 bits per heavy atom. The van der Waals surface area contributed by atoms with Crippen LogP contribution in [0.15, 0.2) is 48.5 Å². The zero-order valence-corrected chi connectivity index (χ0v) is 17.9. The number of amides is 1. The van der Waals surface area contributed by atoms with Gasteiger partial charge in [-0.1, -0.05) is 41.9 Å². The first kappa shape index (κ1) is 20.2. The van der Waals surface area contributed by atoms with Crippen LogP contribution in [0.1, 0.15) is 35.0 Å². The number of benzene rings is 2. The lowest BCUT2D eigenvalue weighted by molar-refractivity contribution is 0.0487. The van der Waals surface area contributed by atoms with Crippen LogP contribution < -0.4 is 10.1 Å². The highest BCUT2D eigenvalue weighted by Gasteiger charge is 2.35. The number of nitrogens with one attached hydrogen (secondary N) is 1. The maximum Gasteiger partial charge on any atom is 0.262 e. The van der Waals surface area contributed by atoms with Gasteiger partial charge in [0.25, 0.3) is 5.91 Å². The van der Waals surface area contributed by atoms with E-state index in [0.717, 1.165) is 28.7 Å². The van der Waals surface area contributed by atoms with Crippen molar-refractivity contribution >= 4 is 38.9 Å². The molecule has 1 aromatic heterocycles. The molecule has 0 bridgehead atoms. The molecule has 1 saturated heterocycles. The van der Waals surface area contributed by atoms with Gasteiger partial charge in [0.2, 0.25) is 0 Å². The summed E-state index contributed by atoms with van der Waals surface area (Å²) in [5.74, 6) is 0.743. The lowest BCUT2D eigenvalue weighted by Gasteiger charge is -2.38. The molecular formula is C23H24ClNO3S. The van der Waals surface area contributed by atoms with Gasteiger partial charge < -0.3 is 14.8 Å². The summed E-state index contributed by atoms with van der Waals surface area (Å²) in [6, 6.07) is 16.0. The van der Waals surface area contributed by atoms with E-state index in [4.69, 9.17) is 21.1 Å². The molecule has 152 valence electrons. The fourth-order valence-corrected chi connectivity index (χ4v) is 5.32. The minimum Gasteiger partial charge on any atom is -0.494 e. The number of halogens is 1. The molecule has 0 saturated carbocycles. The van der Waals surface area contributed by atoms with Crippen LogP contribution in [0.2, 0.25) is 5.02 Å². The molecule has 29 heavy (non-hydrogen) atoms. The standard InChI is InChI=1S/C23H24ClNO3S/c1-2-28-17-9-7-16(8-10-17)23(11-13-27-14-12-23)15-25-22(26)21-20(24)18-5-3-4-6-19(18)29-21/h3-10H,2,11-15H2,1H3,(H,25,26). The highest BCUT2D eigenvalue weighted by Crippen LogP contribution is 2.37. The van der Waals surface area contributed by atoms with Crippen molar-refractivity contribution in [1.82, 2.24) is 5.32 Å². The Bertz CT molecular complexity index is 993. The average Bonchev–Trinajstić information content (AvgIpc) is 3.10. The van der Waals surface area contributed by atoms with E-state index in [-0.39, 0.29) is 11.3 Å². The summed E-state index contributed by atoms with van der Waals surface area (Å²) in [5, 5.41) is 4.61. The van der Waals surface area contributed by atoms with Crippen LogP contribution in [0.3, 0.4) is 0 Å². The average molecular weight is 430 g/mol. The number of hydrogen-bond donors (Lipinski definition) is 1. The number of rotatable bonds is 6. The van der Waals surface area contributed by atoms with Crippen molar-refractivity contribution in [2.45, 2.75) is 25.2 Å². The predicted octanol–water partition coefficient (Wildman–Crippen LogP) is 5.43. The number of thiophene rings is 1. The van der Waals surface area contributed by atoms with Crippen LogP contribution >= 0.6 is 22.9 Å². The maximum absolute atomic E-state index is 13.0. The molecule has 1 fully saturated rings. The largest absolute Gasteiger partial charge is 0.494 e. The Labute approximate surface area is 179 Å². The SMILES string of the molecule is CCOc1ccc(C2(CNC(=O)c3sc4ccccc4c3Cl)CCOCC2)cc1. The first-order valence-corrected chi connectivity index (χ1v) is 11.1. The molecule has 4 nitrogen and oxygen atoms in total. The summed E-state index contributed by atoms with van der Waals surface area (Å²) in [4.78, 5) is 13.5. The lowest BCUT2D eigenvalue weighted by Crippen LogP contribution is -2.44. The molecule has 1 N–H and O–H groups in total. The van der Waals surface area contributed by atoms with E-state index in [2.05, 4.69) is 17.4 Å². The van der Waals surface area contributed by atoms with Crippen LogP contribution in [0, 0.1) is 0 Å². The van der Waals surface area contributed by atoms with Gasteiger partial charge in [-0.15, -0.1) is 11.3 Å². The molecule has 1 aliphatic heterocycles. The van der Waals surface area contributed by atoms with Crippen LogP contribution in [0.4, 0.5) is 0 Å². The van der Waals surface area contributed by atoms with Gasteiger partial charge >= 0.3 is 0 Å². The quantitative estimate of drug-likeness (QED) is 0.568. The summed E-state index contributed by atoms with van der Waals surface area (Å²) >= 11 is 7.92. The van der Waals surface area contributed by atoms with Crippen molar-refractivity contribution in [3.63, 3.8) is 0 Å². The van der Waals surface area contributed by atoms with Gasteiger partial charge in [-0.05, 0) is 43.5 Å². The maximum atomic E-state index is 13.0. The van der Waals surface area contributed by atoms with Crippen molar-refractivity contribution in [2.75, 3.05) is 26.4 Å². The highest BCUT2D eigenvalue weighted by molar-refractivity contribution is 7.21. The lowest BCUT2D eigenvalue weighted by atomic mass is 9.74. The summed E-state index contributed by atoms with van der Waals surface area (Å²) < 4.78 is 12.2. The first-order valence-electron chi connectivity index (χ1n) is 9.89. The molecule has 2 heterocycles. The molecule has 0 atom stereocenters. The third kappa shape index (κ3) is 4.13. The topological polar surface area (TPSA) is 47.6 Å². The van der Waals surface area contributed by atoms with Crippen molar-refractivity contribution in [2.24, 2.45) is 0 Å². The van der Waals surface area contributed by atoms with Crippen LogP contribution in [-0.4, -0.2) is 32.3 Å². The molecule has 1 aliphatic rings. The van der Waals surface area contributed by atoms with Gasteiger partial charge in [0.05, 0.1) is 11.6 Å². The number of fused-ring (bicyclic) bond motifs is 1. The second-order valence-electron chi connectivity index (χ2n) is 7.27. The van der Waals surface area contributed by atoms with Crippen LogP contribution in [0.5, 0.6) is 5.75 Å². The van der Waals surface area contributed by atoms with Crippen LogP contribution in [-0.2, 0) is 10.2 Å². The molecular weight excluding hydrogens is 406 g/mol. The minimum atomic E-state index is -0.151. The number of hydrogen-bond acceptors (Lipinski definition) is 4. The second kappa shape index (κ2) is 8.74. The molecule has 0 radical (unpaired) electrons. The molecule has 3 aromatic rings. The first-order chi connectivity index (χ1) is 14.1. The Hall–Kier alpha value is -2.08. The summed E-state index contributed by atoms with van der Waals surface area (Å²) in [5.41, 5.74) is 1.05. The molecule has 2 aromatic carbocycles. The van der Waals surface area contributed by atoms with Gasteiger partial charge in [-0.25, -0.2) is 0 Å². The monoisotopic (exact) mass is 429 g/mol. The molecule has 4 rings (SSSR count). The Morgan fingerprint density at radius 3 is 2.59 bits per heavy atom. The fraction of sp³-hybridized carbons (Fsp3) is 0.348. The van der Waals surface area contributed by atoms with Gasteiger partial charge in [-0.3, -0.25) is 4.79 Å². The third-order valence-corrected chi connectivity index (χ3v) is 7.23. The highest BCUT2D eigenvalue weighted by atomic mass is 35.5. The van der Waals surface area contributed by atoms with Crippen molar-refractivity contribution in [3.05, 3.63) is 64.0 Å². The molecule has 1 amide bonds. The second-order valence-corrected chi connectivity index (χ2v) is 8.70. The number of carbonyl (C=O) groups excluding carboxylic acids is 1. The van der Waals surface area contributed by atoms with E-state index in [1.165, 1.54) is 16.9 Å². The normalized spacial score (nSPS) is 15.9. The smallest absolute Gasteiger partial charge is 0.262 e. The Morgan fingerprint density at radius 2 is 1.90 bits per heavy atom. The van der Waals surface area contributed by atoms with E-state index in [9.17, 15) is 4.79 Å².